The first-order chi connectivity index (χ1) is 21.0. The topological polar surface area (TPSA) is 102 Å². The number of fused-ring (bicyclic) bond motifs is 4. The lowest BCUT2D eigenvalue weighted by Gasteiger charge is -2.35. The zero-order valence-electron chi connectivity index (χ0n) is 23.9. The molecule has 4 aliphatic heterocycles. The summed E-state index contributed by atoms with van der Waals surface area (Å²) in [6.45, 7) is 1.98. The first-order valence-corrected chi connectivity index (χ1v) is 14.6. The molecule has 0 aliphatic carbocycles. The van der Waals surface area contributed by atoms with Crippen molar-refractivity contribution in [1.82, 2.24) is 25.2 Å². The highest BCUT2D eigenvalue weighted by atomic mass is 19.4. The van der Waals surface area contributed by atoms with E-state index in [1.165, 1.54) is 0 Å². The first-order valence-electron chi connectivity index (χ1n) is 14.6. The molecule has 44 heavy (non-hydrogen) atoms. The summed E-state index contributed by atoms with van der Waals surface area (Å²) in [7, 11) is 1.13. The third kappa shape index (κ3) is 4.75. The number of nitrogens with two attached hydrogens (primary N) is 1. The second-order valence-corrected chi connectivity index (χ2v) is 12.1. The summed E-state index contributed by atoms with van der Waals surface area (Å²) in [4.78, 5) is 16.5. The third-order valence-electron chi connectivity index (χ3n) is 9.35. The Morgan fingerprint density at radius 3 is 2.52 bits per heavy atom. The van der Waals surface area contributed by atoms with Crippen LogP contribution in [0.5, 0.6) is 11.8 Å². The summed E-state index contributed by atoms with van der Waals surface area (Å²) in [5.41, 5.74) is 1.13. The Balaban J connectivity index is 1.42. The number of methoxy groups -OCH3 is 1. The molecule has 1 aromatic carbocycles. The zero-order valence-corrected chi connectivity index (χ0v) is 23.9. The lowest BCUT2D eigenvalue weighted by atomic mass is 9.95. The van der Waals surface area contributed by atoms with Crippen molar-refractivity contribution < 1.29 is 35.8 Å². The van der Waals surface area contributed by atoms with Gasteiger partial charge in [0.25, 0.3) is 0 Å². The van der Waals surface area contributed by atoms with Crippen LogP contribution in [0.25, 0.3) is 22.2 Å². The number of hydrogen-bond acceptors (Lipinski definition) is 9. The molecule has 0 saturated carbocycles. The van der Waals surface area contributed by atoms with E-state index in [2.05, 4.69) is 20.3 Å². The fourth-order valence-electron chi connectivity index (χ4n) is 7.44. The summed E-state index contributed by atoms with van der Waals surface area (Å²) in [6.07, 6.45) is -2.36. The molecule has 4 saturated heterocycles. The summed E-state index contributed by atoms with van der Waals surface area (Å²) in [6, 6.07) is 1.50. The van der Waals surface area contributed by atoms with Crippen molar-refractivity contribution >= 4 is 22.5 Å². The highest BCUT2D eigenvalue weighted by molar-refractivity contribution is 5.99. The molecule has 0 spiro atoms. The number of ether oxygens (including phenoxy) is 2. The normalized spacial score (nSPS) is 26.9. The summed E-state index contributed by atoms with van der Waals surface area (Å²) >= 11 is 0. The Kier molecular flexibility index (Phi) is 6.95. The predicted octanol–water partition coefficient (Wildman–Crippen LogP) is 4.48. The summed E-state index contributed by atoms with van der Waals surface area (Å²) < 4.78 is 101. The van der Waals surface area contributed by atoms with E-state index in [0.717, 1.165) is 39.0 Å². The monoisotopic (exact) mass is 623 g/mol. The van der Waals surface area contributed by atoms with Crippen LogP contribution in [0.3, 0.4) is 0 Å². The van der Waals surface area contributed by atoms with E-state index in [9.17, 15) is 17.6 Å². The van der Waals surface area contributed by atoms with Crippen LogP contribution in [-0.4, -0.2) is 83.5 Å². The van der Waals surface area contributed by atoms with E-state index in [0.29, 0.717) is 32.1 Å². The largest absolute Gasteiger partial charge is 0.493 e. The molecule has 2 bridgehead atoms. The Morgan fingerprint density at radius 1 is 1.07 bits per heavy atom. The van der Waals surface area contributed by atoms with E-state index in [1.54, 1.807) is 0 Å². The quantitative estimate of drug-likeness (QED) is 0.385. The number of anilines is 2. The highest BCUT2D eigenvalue weighted by Crippen LogP contribution is 2.46. The maximum atomic E-state index is 16.6. The summed E-state index contributed by atoms with van der Waals surface area (Å²) in [5, 5.41) is 3.35. The van der Waals surface area contributed by atoms with E-state index in [4.69, 9.17) is 15.2 Å². The van der Waals surface area contributed by atoms with Gasteiger partial charge in [0.15, 0.2) is 17.4 Å². The Hall–Kier alpha value is -3.59. The molecule has 2 unspecified atom stereocenters. The molecule has 15 heteroatoms. The van der Waals surface area contributed by atoms with Gasteiger partial charge in [-0.1, -0.05) is 0 Å². The number of piperazine rings is 1. The molecule has 2 aromatic heterocycles. The van der Waals surface area contributed by atoms with Crippen LogP contribution in [0.15, 0.2) is 12.1 Å². The van der Waals surface area contributed by atoms with Crippen LogP contribution in [0.1, 0.15) is 37.7 Å². The molecule has 3 N–H and O–H groups in total. The van der Waals surface area contributed by atoms with Gasteiger partial charge in [-0.05, 0) is 44.4 Å². The van der Waals surface area contributed by atoms with Gasteiger partial charge in [0.05, 0.1) is 34.9 Å². The first kappa shape index (κ1) is 29.1. The highest BCUT2D eigenvalue weighted by Gasteiger charge is 2.49. The minimum atomic E-state index is -5.00. The maximum absolute atomic E-state index is 16.6. The third-order valence-corrected chi connectivity index (χ3v) is 9.35. The number of pyridine rings is 1. The average Bonchev–Trinajstić information content (AvgIpc) is 3.61. The number of hydrogen-bond donors (Lipinski definition) is 2. The minimum Gasteiger partial charge on any atom is -0.493 e. The minimum absolute atomic E-state index is 0.0347. The van der Waals surface area contributed by atoms with Gasteiger partial charge in [0.2, 0.25) is 0 Å². The average molecular weight is 624 g/mol. The van der Waals surface area contributed by atoms with E-state index in [-0.39, 0.29) is 48.1 Å². The zero-order chi connectivity index (χ0) is 31.0. The molecule has 0 amide bonds. The molecule has 7 rings (SSSR count). The van der Waals surface area contributed by atoms with Crippen molar-refractivity contribution in [2.45, 2.75) is 62.1 Å². The van der Waals surface area contributed by atoms with Crippen LogP contribution in [0.2, 0.25) is 0 Å². The molecule has 0 radical (unpaired) electrons. The molecule has 9 nitrogen and oxygen atoms in total. The standard InChI is InChI=1S/C29H31F6N7O2/c1-43-25-20-24(21(31)19(22(25)32)23-17(29(33,34)35)5-6-18(36)38-23)39-27(40-26(20)41-11-15-3-4-16(12-41)37-15)44-13-28-7-2-8-42(28)10-14(30)9-28/h5-6,14-16,37H,2-4,7-13H2,1H3,(H2,36,38)/t14-,15?,16?,28+/m1/s1. The van der Waals surface area contributed by atoms with Gasteiger partial charge < -0.3 is 25.4 Å². The van der Waals surface area contributed by atoms with Crippen molar-refractivity contribution in [2.75, 3.05) is 50.5 Å². The van der Waals surface area contributed by atoms with Gasteiger partial charge in [-0.3, -0.25) is 4.90 Å². The smallest absolute Gasteiger partial charge is 0.418 e. The lowest BCUT2D eigenvalue weighted by molar-refractivity contribution is -0.137. The number of alkyl halides is 4. The molecule has 6 heterocycles. The van der Waals surface area contributed by atoms with Crippen molar-refractivity contribution in [1.29, 1.82) is 0 Å². The Bertz CT molecular complexity index is 1610. The maximum Gasteiger partial charge on any atom is 0.418 e. The van der Waals surface area contributed by atoms with Gasteiger partial charge >= 0.3 is 12.2 Å². The Morgan fingerprint density at radius 2 is 1.82 bits per heavy atom. The summed E-state index contributed by atoms with van der Waals surface area (Å²) in [5.74, 6) is -3.54. The van der Waals surface area contributed by atoms with E-state index in [1.807, 2.05) is 9.80 Å². The second-order valence-electron chi connectivity index (χ2n) is 12.1. The van der Waals surface area contributed by atoms with E-state index < -0.39 is 57.6 Å². The number of nitrogen functional groups attached to an aromatic ring is 1. The fourth-order valence-corrected chi connectivity index (χ4v) is 7.44. The molecular formula is C29H31F6N7O2. The van der Waals surface area contributed by atoms with Gasteiger partial charge in [-0.15, -0.1) is 0 Å². The number of rotatable bonds is 6. The fraction of sp³-hybridized carbons (Fsp3) is 0.552. The van der Waals surface area contributed by atoms with Crippen molar-refractivity contribution in [3.63, 3.8) is 0 Å². The molecular weight excluding hydrogens is 592 g/mol. The molecule has 3 aromatic rings. The molecule has 4 atom stereocenters. The van der Waals surface area contributed by atoms with E-state index >= 15 is 8.78 Å². The van der Waals surface area contributed by atoms with Crippen molar-refractivity contribution in [3.05, 3.63) is 29.3 Å². The van der Waals surface area contributed by atoms with Crippen molar-refractivity contribution in [3.8, 4) is 23.0 Å². The molecule has 4 fully saturated rings. The van der Waals surface area contributed by atoms with Crippen LogP contribution in [0, 0.1) is 11.6 Å². The van der Waals surface area contributed by atoms with Crippen LogP contribution < -0.4 is 25.4 Å². The number of nitrogens with one attached hydrogen (secondary N) is 1. The number of benzene rings is 1. The molecule has 236 valence electrons. The molecule has 4 aliphatic rings. The Labute approximate surface area is 248 Å². The predicted molar refractivity (Wildman–Crippen MR) is 149 cm³/mol. The second kappa shape index (κ2) is 10.5. The lowest BCUT2D eigenvalue weighted by Crippen LogP contribution is -2.51. The number of aromatic nitrogens is 3. The van der Waals surface area contributed by atoms with Gasteiger partial charge in [0.1, 0.15) is 29.9 Å². The SMILES string of the molecule is COc1c(F)c(-c2nc(N)ccc2C(F)(F)F)c(F)c2nc(OC[C@@]34CCCN3C[C@H](F)C4)nc(N3CC4CCC(C3)N4)c12. The van der Waals surface area contributed by atoms with Crippen LogP contribution in [0.4, 0.5) is 38.0 Å². The van der Waals surface area contributed by atoms with Crippen LogP contribution >= 0.6 is 0 Å². The van der Waals surface area contributed by atoms with Gasteiger partial charge in [0, 0.05) is 38.1 Å². The number of halogens is 6. The van der Waals surface area contributed by atoms with Crippen LogP contribution in [-0.2, 0) is 6.18 Å². The number of nitrogens with zero attached hydrogens (tertiary/aromatic N) is 5. The van der Waals surface area contributed by atoms with Crippen molar-refractivity contribution in [2.24, 2.45) is 0 Å². The van der Waals surface area contributed by atoms with Gasteiger partial charge in [-0.25, -0.2) is 18.2 Å². The van der Waals surface area contributed by atoms with Gasteiger partial charge in [-0.2, -0.15) is 23.1 Å².